The first kappa shape index (κ1) is 17.1. The van der Waals surface area contributed by atoms with Crippen molar-refractivity contribution in [2.75, 3.05) is 0 Å². The van der Waals surface area contributed by atoms with Gasteiger partial charge in [0, 0.05) is 0 Å². The standard InChI is InChI=1S/C26H22O/c1-3-8-21(9-4-1)18-23-14-16-25(17-15-23)27-26-13-7-12-24(20-26)19-22-10-5-2-6-11-22/h1-17,20H,18-19H2. The minimum Gasteiger partial charge on any atom is -0.457 e. The zero-order valence-electron chi connectivity index (χ0n) is 15.2. The van der Waals surface area contributed by atoms with Gasteiger partial charge in [-0.2, -0.15) is 0 Å². The fourth-order valence-electron chi connectivity index (χ4n) is 3.19. The monoisotopic (exact) mass is 350 g/mol. The highest BCUT2D eigenvalue weighted by molar-refractivity contribution is 5.38. The van der Waals surface area contributed by atoms with Crippen LogP contribution in [0.1, 0.15) is 22.3 Å². The van der Waals surface area contributed by atoms with Gasteiger partial charge in [0.1, 0.15) is 11.5 Å². The molecule has 0 aromatic heterocycles. The second-order valence-corrected chi connectivity index (χ2v) is 6.72. The summed E-state index contributed by atoms with van der Waals surface area (Å²) in [5.74, 6) is 1.74. The van der Waals surface area contributed by atoms with E-state index in [1.165, 1.54) is 22.3 Å². The van der Waals surface area contributed by atoms with E-state index in [0.29, 0.717) is 0 Å². The van der Waals surface area contributed by atoms with Crippen molar-refractivity contribution in [1.29, 1.82) is 0 Å². The topological polar surface area (TPSA) is 9.23 Å². The summed E-state index contributed by atoms with van der Waals surface area (Å²) in [6.45, 7) is 0. The van der Waals surface area contributed by atoms with E-state index in [0.717, 1.165) is 24.3 Å². The summed E-state index contributed by atoms with van der Waals surface area (Å²) in [6.07, 6.45) is 1.85. The predicted octanol–water partition coefficient (Wildman–Crippen LogP) is 6.66. The molecule has 4 aromatic carbocycles. The lowest BCUT2D eigenvalue weighted by atomic mass is 10.0. The molecule has 132 valence electrons. The maximum absolute atomic E-state index is 6.06. The maximum atomic E-state index is 6.06. The second kappa shape index (κ2) is 8.37. The first-order chi connectivity index (χ1) is 13.3. The molecule has 1 nitrogen and oxygen atoms in total. The third kappa shape index (κ3) is 4.86. The van der Waals surface area contributed by atoms with Crippen molar-refractivity contribution in [3.05, 3.63) is 131 Å². The summed E-state index contributed by atoms with van der Waals surface area (Å²) >= 11 is 0. The zero-order chi connectivity index (χ0) is 18.3. The van der Waals surface area contributed by atoms with Crippen molar-refractivity contribution in [2.24, 2.45) is 0 Å². The van der Waals surface area contributed by atoms with Crippen LogP contribution in [-0.2, 0) is 12.8 Å². The Bertz CT molecular complexity index is 973. The molecule has 4 rings (SSSR count). The van der Waals surface area contributed by atoms with Crippen LogP contribution in [0.3, 0.4) is 0 Å². The van der Waals surface area contributed by atoms with Crippen molar-refractivity contribution >= 4 is 0 Å². The van der Waals surface area contributed by atoms with Crippen molar-refractivity contribution in [2.45, 2.75) is 12.8 Å². The molecule has 0 fully saturated rings. The van der Waals surface area contributed by atoms with E-state index >= 15 is 0 Å². The van der Waals surface area contributed by atoms with Crippen LogP contribution in [-0.4, -0.2) is 0 Å². The van der Waals surface area contributed by atoms with Gasteiger partial charge in [-0.05, 0) is 59.4 Å². The van der Waals surface area contributed by atoms with Gasteiger partial charge in [0.15, 0.2) is 0 Å². The molecular weight excluding hydrogens is 328 g/mol. The molecule has 0 saturated heterocycles. The maximum Gasteiger partial charge on any atom is 0.127 e. The molecule has 0 bridgehead atoms. The first-order valence-electron chi connectivity index (χ1n) is 9.29. The third-order valence-corrected chi connectivity index (χ3v) is 4.56. The van der Waals surface area contributed by atoms with E-state index in [9.17, 15) is 0 Å². The average molecular weight is 350 g/mol. The molecule has 0 aliphatic carbocycles. The summed E-state index contributed by atoms with van der Waals surface area (Å²) in [6, 6.07) is 37.7. The Balaban J connectivity index is 1.42. The van der Waals surface area contributed by atoms with Crippen LogP contribution in [0.5, 0.6) is 11.5 Å². The van der Waals surface area contributed by atoms with Crippen molar-refractivity contribution in [3.63, 3.8) is 0 Å². The van der Waals surface area contributed by atoms with Gasteiger partial charge in [-0.3, -0.25) is 0 Å². The van der Waals surface area contributed by atoms with Gasteiger partial charge in [0.05, 0.1) is 0 Å². The lowest BCUT2D eigenvalue weighted by molar-refractivity contribution is 0.482. The van der Waals surface area contributed by atoms with Crippen LogP contribution in [0.4, 0.5) is 0 Å². The van der Waals surface area contributed by atoms with Crippen molar-refractivity contribution in [3.8, 4) is 11.5 Å². The van der Waals surface area contributed by atoms with Gasteiger partial charge in [-0.15, -0.1) is 0 Å². The molecule has 0 atom stereocenters. The molecule has 1 heteroatoms. The molecule has 0 N–H and O–H groups in total. The van der Waals surface area contributed by atoms with E-state index in [1.807, 2.05) is 30.3 Å². The molecule has 0 radical (unpaired) electrons. The second-order valence-electron chi connectivity index (χ2n) is 6.72. The van der Waals surface area contributed by atoms with Crippen LogP contribution >= 0.6 is 0 Å². The summed E-state index contributed by atoms with van der Waals surface area (Å²) in [5, 5.41) is 0. The van der Waals surface area contributed by atoms with Gasteiger partial charge in [0.2, 0.25) is 0 Å². The Hall–Kier alpha value is -3.32. The highest BCUT2D eigenvalue weighted by Crippen LogP contribution is 2.24. The normalized spacial score (nSPS) is 10.5. The third-order valence-electron chi connectivity index (χ3n) is 4.56. The molecule has 0 aliphatic heterocycles. The Morgan fingerprint density at radius 2 is 0.926 bits per heavy atom. The largest absolute Gasteiger partial charge is 0.457 e. The Labute approximate surface area is 160 Å². The Morgan fingerprint density at radius 3 is 1.56 bits per heavy atom. The van der Waals surface area contributed by atoms with E-state index < -0.39 is 0 Å². The van der Waals surface area contributed by atoms with E-state index in [4.69, 9.17) is 4.74 Å². The lowest BCUT2D eigenvalue weighted by Crippen LogP contribution is -1.91. The van der Waals surface area contributed by atoms with Crippen molar-refractivity contribution < 1.29 is 4.74 Å². The van der Waals surface area contributed by atoms with Crippen LogP contribution in [0.2, 0.25) is 0 Å². The Kier molecular flexibility index (Phi) is 5.31. The summed E-state index contributed by atoms with van der Waals surface area (Å²) in [7, 11) is 0. The number of rotatable bonds is 6. The van der Waals surface area contributed by atoms with Gasteiger partial charge >= 0.3 is 0 Å². The summed E-state index contributed by atoms with van der Waals surface area (Å²) < 4.78 is 6.06. The molecule has 0 spiro atoms. The van der Waals surface area contributed by atoms with E-state index in [-0.39, 0.29) is 0 Å². The molecular formula is C26H22O. The zero-order valence-corrected chi connectivity index (χ0v) is 15.2. The number of hydrogen-bond acceptors (Lipinski definition) is 1. The van der Waals surface area contributed by atoms with E-state index in [2.05, 4.69) is 78.9 Å². The molecule has 4 aromatic rings. The van der Waals surface area contributed by atoms with Crippen LogP contribution < -0.4 is 4.74 Å². The summed E-state index contributed by atoms with van der Waals surface area (Å²) in [4.78, 5) is 0. The average Bonchev–Trinajstić information content (AvgIpc) is 2.71. The van der Waals surface area contributed by atoms with Crippen LogP contribution in [0.25, 0.3) is 0 Å². The lowest BCUT2D eigenvalue weighted by Gasteiger charge is -2.09. The minimum absolute atomic E-state index is 0.865. The number of ether oxygens (including phenoxy) is 1. The summed E-state index contributed by atoms with van der Waals surface area (Å²) in [5.41, 5.74) is 5.16. The number of hydrogen-bond donors (Lipinski definition) is 0. The smallest absolute Gasteiger partial charge is 0.127 e. The Morgan fingerprint density at radius 1 is 0.407 bits per heavy atom. The fourth-order valence-corrected chi connectivity index (χ4v) is 3.19. The highest BCUT2D eigenvalue weighted by Gasteiger charge is 2.02. The van der Waals surface area contributed by atoms with Gasteiger partial charge in [0.25, 0.3) is 0 Å². The van der Waals surface area contributed by atoms with E-state index in [1.54, 1.807) is 0 Å². The molecule has 0 saturated carbocycles. The molecule has 0 unspecified atom stereocenters. The minimum atomic E-state index is 0.865. The van der Waals surface area contributed by atoms with Crippen LogP contribution in [0, 0.1) is 0 Å². The SMILES string of the molecule is c1ccc(Cc2ccc(Oc3cccc(Cc4ccccc4)c3)cc2)cc1. The molecule has 0 amide bonds. The van der Waals surface area contributed by atoms with Crippen molar-refractivity contribution in [1.82, 2.24) is 0 Å². The first-order valence-corrected chi connectivity index (χ1v) is 9.29. The number of benzene rings is 4. The van der Waals surface area contributed by atoms with Gasteiger partial charge in [-0.25, -0.2) is 0 Å². The van der Waals surface area contributed by atoms with Gasteiger partial charge < -0.3 is 4.74 Å². The molecule has 0 aliphatic rings. The fraction of sp³-hybridized carbons (Fsp3) is 0.0769. The quantitative estimate of drug-likeness (QED) is 0.378. The van der Waals surface area contributed by atoms with Crippen LogP contribution in [0.15, 0.2) is 109 Å². The van der Waals surface area contributed by atoms with Gasteiger partial charge in [-0.1, -0.05) is 84.9 Å². The molecule has 27 heavy (non-hydrogen) atoms. The highest BCUT2D eigenvalue weighted by atomic mass is 16.5. The molecule has 0 heterocycles. The predicted molar refractivity (Wildman–Crippen MR) is 111 cm³/mol.